The van der Waals surface area contributed by atoms with Crippen molar-refractivity contribution in [3.63, 3.8) is 0 Å². The number of aliphatic hydroxyl groups is 2. The molecule has 13 heteroatoms. The molecule has 1 spiro atoms. The number of likely N-dealkylation sites (N-methyl/N-ethyl adjacent to an activating group) is 1. The van der Waals surface area contributed by atoms with Crippen LogP contribution in [0.4, 0.5) is 5.69 Å². The smallest absolute Gasteiger partial charge is 0.344 e. The van der Waals surface area contributed by atoms with E-state index in [2.05, 4.69) is 33.8 Å². The van der Waals surface area contributed by atoms with Crippen molar-refractivity contribution in [3.05, 3.63) is 58.8 Å². The predicted molar refractivity (Wildman–Crippen MR) is 221 cm³/mol. The number of ether oxygens (including phenoxy) is 4. The number of carbonyl (C=O) groups excluding carboxylic acids is 3. The molecule has 3 saturated heterocycles. The number of anilines is 1. The molecule has 2 bridgehead atoms. The zero-order valence-corrected chi connectivity index (χ0v) is 35.6. The van der Waals surface area contributed by atoms with Crippen molar-refractivity contribution in [1.82, 2.24) is 14.8 Å². The third kappa shape index (κ3) is 5.26. The van der Waals surface area contributed by atoms with Gasteiger partial charge in [0.1, 0.15) is 11.2 Å². The van der Waals surface area contributed by atoms with Gasteiger partial charge in [0, 0.05) is 84.4 Å². The lowest BCUT2D eigenvalue weighted by Gasteiger charge is -2.64. The molecule has 10 atom stereocenters. The predicted octanol–water partition coefficient (Wildman–Crippen LogP) is 4.21. The Balaban J connectivity index is 1.36. The highest BCUT2D eigenvalue weighted by molar-refractivity contribution is 5.95. The number of nitrogens with one attached hydrogen (secondary N) is 1. The van der Waals surface area contributed by atoms with Gasteiger partial charge in [-0.2, -0.15) is 0 Å². The van der Waals surface area contributed by atoms with Crippen molar-refractivity contribution >= 4 is 34.5 Å². The van der Waals surface area contributed by atoms with Crippen LogP contribution in [0.1, 0.15) is 88.1 Å². The van der Waals surface area contributed by atoms with Crippen LogP contribution < -0.4 is 9.64 Å². The summed E-state index contributed by atoms with van der Waals surface area (Å²) in [5, 5.41) is 26.4. The summed E-state index contributed by atoms with van der Waals surface area (Å²) in [6.07, 6.45) is 3.53. The zero-order valence-electron chi connectivity index (χ0n) is 35.6. The Hall–Kier alpha value is -4.17. The minimum atomic E-state index is -2.25. The maximum Gasteiger partial charge on any atom is 0.344 e. The molecule has 1 unspecified atom stereocenters. The van der Waals surface area contributed by atoms with Crippen molar-refractivity contribution in [2.24, 2.45) is 11.3 Å². The van der Waals surface area contributed by atoms with E-state index in [1.165, 1.54) is 21.1 Å². The van der Waals surface area contributed by atoms with Crippen molar-refractivity contribution in [2.75, 3.05) is 66.0 Å². The van der Waals surface area contributed by atoms with Crippen molar-refractivity contribution < 1.29 is 43.5 Å². The molecule has 13 nitrogen and oxygen atoms in total. The Morgan fingerprint density at radius 1 is 0.915 bits per heavy atom. The number of H-pyrrole nitrogens is 1. The van der Waals surface area contributed by atoms with Gasteiger partial charge in [0.2, 0.25) is 5.60 Å². The average Bonchev–Trinajstić information content (AvgIpc) is 3.89. The largest absolute Gasteiger partial charge is 0.496 e. The van der Waals surface area contributed by atoms with E-state index in [9.17, 15) is 19.8 Å². The number of fused-ring (bicyclic) bond motifs is 6. The van der Waals surface area contributed by atoms with E-state index in [1.54, 1.807) is 7.11 Å². The summed E-state index contributed by atoms with van der Waals surface area (Å²) in [6, 6.07) is 11.1. The fraction of sp³-hybridized carbons (Fsp3) is 0.630. The van der Waals surface area contributed by atoms with Crippen molar-refractivity contribution in [1.29, 1.82) is 0 Å². The monoisotopic (exact) mass is 812 g/mol. The van der Waals surface area contributed by atoms with E-state index in [0.29, 0.717) is 82.4 Å². The fourth-order valence-corrected chi connectivity index (χ4v) is 14.0. The number of rotatable bonds is 7. The Morgan fingerprint density at radius 2 is 1.68 bits per heavy atom. The highest BCUT2D eigenvalue weighted by Crippen LogP contribution is 2.69. The van der Waals surface area contributed by atoms with E-state index in [1.807, 2.05) is 43.1 Å². The fourth-order valence-electron chi connectivity index (χ4n) is 14.0. The second-order valence-corrected chi connectivity index (χ2v) is 18.6. The van der Waals surface area contributed by atoms with E-state index in [4.69, 9.17) is 18.9 Å². The van der Waals surface area contributed by atoms with Crippen LogP contribution in [-0.4, -0.2) is 133 Å². The molecule has 1 aromatic heterocycles. The van der Waals surface area contributed by atoms with E-state index in [0.717, 1.165) is 46.4 Å². The number of hydrogen-bond acceptors (Lipinski definition) is 12. The number of aromatic nitrogens is 1. The number of aromatic amines is 1. The van der Waals surface area contributed by atoms with Crippen LogP contribution in [0, 0.1) is 11.3 Å². The van der Waals surface area contributed by atoms with Gasteiger partial charge in [0.05, 0.1) is 33.0 Å². The lowest BCUT2D eigenvalue weighted by molar-refractivity contribution is -0.237. The Labute approximate surface area is 346 Å². The van der Waals surface area contributed by atoms with Crippen LogP contribution in [0.5, 0.6) is 5.75 Å². The molecule has 3 aromatic rings. The van der Waals surface area contributed by atoms with Gasteiger partial charge in [-0.25, -0.2) is 4.79 Å². The van der Waals surface area contributed by atoms with Gasteiger partial charge in [0.25, 0.3) is 0 Å². The van der Waals surface area contributed by atoms with Gasteiger partial charge in [-0.3, -0.25) is 19.4 Å². The molecule has 3 N–H and O–H groups in total. The lowest BCUT2D eigenvalue weighted by Crippen LogP contribution is -2.82. The molecule has 2 aromatic carbocycles. The van der Waals surface area contributed by atoms with Crippen LogP contribution in [0.2, 0.25) is 0 Å². The molecule has 1 aliphatic carbocycles. The number of carbonyl (C=O) groups is 3. The quantitative estimate of drug-likeness (QED) is 0.232. The highest BCUT2D eigenvalue weighted by Gasteiger charge is 2.80. The molecule has 0 radical (unpaired) electrons. The number of hydrogen-bond donors (Lipinski definition) is 3. The summed E-state index contributed by atoms with van der Waals surface area (Å²) >= 11 is 0. The van der Waals surface area contributed by atoms with Crippen LogP contribution in [0.15, 0.2) is 36.4 Å². The molecular weight excluding hydrogens is 753 g/mol. The van der Waals surface area contributed by atoms with E-state index >= 15 is 4.79 Å². The number of methoxy groups -OCH3 is 3. The molecule has 59 heavy (non-hydrogen) atoms. The SMILES string of the molecule is CC[C@]1(O)C[C@@H]2CN(CCc3c([nH]c4ccccc34)[C@@](C(=O)OC)(c3cc4c(cc3OC)N(C)[C@H]3[C@@](O)(C(=O)OC)[C@H](OC(C)=O)[C@]5(CC)CCN6CCC[C@]43[C@@H]65)C2)C1. The van der Waals surface area contributed by atoms with Gasteiger partial charge in [-0.1, -0.05) is 32.0 Å². The second-order valence-electron chi connectivity index (χ2n) is 18.6. The minimum Gasteiger partial charge on any atom is -0.496 e. The number of benzene rings is 2. The lowest BCUT2D eigenvalue weighted by atomic mass is 9.46. The topological polar surface area (TPSA) is 154 Å². The second kappa shape index (κ2) is 13.9. The van der Waals surface area contributed by atoms with E-state index in [-0.39, 0.29) is 12.0 Å². The normalized spacial score (nSPS) is 37.2. The summed E-state index contributed by atoms with van der Waals surface area (Å²) in [4.78, 5) is 53.3. The Bertz CT molecular complexity index is 2210. The first-order chi connectivity index (χ1) is 28.2. The van der Waals surface area contributed by atoms with Crippen LogP contribution in [0.3, 0.4) is 0 Å². The maximum atomic E-state index is 15.3. The summed E-state index contributed by atoms with van der Waals surface area (Å²) < 4.78 is 24.0. The molecule has 6 aliphatic rings. The van der Waals surface area contributed by atoms with Gasteiger partial charge < -0.3 is 39.0 Å². The Morgan fingerprint density at radius 3 is 2.37 bits per heavy atom. The van der Waals surface area contributed by atoms with Gasteiger partial charge in [0.15, 0.2) is 6.10 Å². The molecule has 5 aliphatic heterocycles. The summed E-state index contributed by atoms with van der Waals surface area (Å²) in [5.41, 5.74) is -1.21. The summed E-state index contributed by atoms with van der Waals surface area (Å²) in [6.45, 7) is 8.95. The van der Waals surface area contributed by atoms with Crippen LogP contribution >= 0.6 is 0 Å². The molecular formula is C46H60N4O9. The van der Waals surface area contributed by atoms with E-state index < -0.39 is 57.5 Å². The first-order valence-electron chi connectivity index (χ1n) is 21.5. The summed E-state index contributed by atoms with van der Waals surface area (Å²) in [5.74, 6) is -1.46. The maximum absolute atomic E-state index is 15.3. The van der Waals surface area contributed by atoms with Crippen LogP contribution in [-0.2, 0) is 45.8 Å². The molecule has 6 heterocycles. The number of para-hydroxylation sites is 1. The van der Waals surface area contributed by atoms with Crippen molar-refractivity contribution in [2.45, 2.75) is 112 Å². The standard InChI is InChI=1S/C46H60N4O9/c1-8-42(54)23-28-24-45(40(52)57-6,36-30(15-19-49(25-28)26-42)29-13-10-11-14-33(29)47-36)32-21-31-34(22-35(32)56-5)48(4)38-44(31)16-12-18-50-20-17-43(9-2,37(44)50)39(59-27(3)51)46(38,55)41(53)58-7/h10-11,13-14,21-22,28,37-39,47,54-55H,8-9,12,15-20,23-26H2,1-7H3/t28-,37-,38+,39+,42-,43+,44+,45-,46-/m0/s1. The van der Waals surface area contributed by atoms with Crippen molar-refractivity contribution in [3.8, 4) is 5.75 Å². The molecule has 9 rings (SSSR count). The molecule has 4 fully saturated rings. The molecule has 318 valence electrons. The Kier molecular flexibility index (Phi) is 9.51. The average molecular weight is 813 g/mol. The number of nitrogens with zero attached hydrogens (tertiary/aromatic N) is 3. The molecule has 0 amide bonds. The van der Waals surface area contributed by atoms with Gasteiger partial charge in [-0.15, -0.1) is 0 Å². The third-order valence-electron chi connectivity index (χ3n) is 16.0. The minimum absolute atomic E-state index is 0.0898. The molecule has 1 saturated carbocycles. The first-order valence-corrected chi connectivity index (χ1v) is 21.5. The third-order valence-corrected chi connectivity index (χ3v) is 16.0. The highest BCUT2D eigenvalue weighted by atomic mass is 16.6. The van der Waals surface area contributed by atoms with Gasteiger partial charge >= 0.3 is 17.9 Å². The van der Waals surface area contributed by atoms with Crippen LogP contribution in [0.25, 0.3) is 10.9 Å². The number of piperidine rings is 2. The zero-order chi connectivity index (χ0) is 41.9. The number of esters is 3. The first kappa shape index (κ1) is 40.2. The summed E-state index contributed by atoms with van der Waals surface area (Å²) in [7, 11) is 6.21. The van der Waals surface area contributed by atoms with Gasteiger partial charge in [-0.05, 0) is 93.6 Å².